The highest BCUT2D eigenvalue weighted by molar-refractivity contribution is 5.86. The Labute approximate surface area is 66.4 Å². The third-order valence-electron chi connectivity index (χ3n) is 1.44. The molecule has 6 nitrogen and oxygen atoms in total. The number of tetrazole rings is 1. The number of aromatic carboxylic acids is 1. The van der Waals surface area contributed by atoms with Crippen LogP contribution in [0.3, 0.4) is 0 Å². The lowest BCUT2D eigenvalue weighted by molar-refractivity contribution is 0.0687. The second-order valence-electron chi connectivity index (χ2n) is 2.17. The molecule has 0 aliphatic heterocycles. The van der Waals surface area contributed by atoms with Crippen LogP contribution >= 0.6 is 0 Å². The van der Waals surface area contributed by atoms with E-state index in [1.54, 1.807) is 12.1 Å². The normalized spacial score (nSPS) is 10.3. The molecular formula is C6H4N4O2. The molecule has 0 aliphatic rings. The fourth-order valence-electron chi connectivity index (χ4n) is 0.927. The minimum atomic E-state index is -1.05. The highest BCUT2D eigenvalue weighted by atomic mass is 16.4. The molecule has 2 aromatic heterocycles. The Balaban J connectivity index is 2.82. The van der Waals surface area contributed by atoms with Gasteiger partial charge in [0.25, 0.3) is 0 Å². The summed E-state index contributed by atoms with van der Waals surface area (Å²) in [5.74, 6) is -1.05. The molecule has 0 fully saturated rings. The van der Waals surface area contributed by atoms with Crippen molar-refractivity contribution in [1.82, 2.24) is 20.0 Å². The Bertz CT molecular complexity index is 436. The molecule has 0 bridgehead atoms. The van der Waals surface area contributed by atoms with E-state index in [1.807, 2.05) is 0 Å². The third kappa shape index (κ3) is 0.815. The summed E-state index contributed by atoms with van der Waals surface area (Å²) in [5, 5.41) is 19.1. The molecule has 0 spiro atoms. The van der Waals surface area contributed by atoms with Crippen molar-refractivity contribution in [3.63, 3.8) is 0 Å². The van der Waals surface area contributed by atoms with Gasteiger partial charge in [0.05, 0.1) is 0 Å². The van der Waals surface area contributed by atoms with Crippen LogP contribution in [0, 0.1) is 0 Å². The Morgan fingerprint density at radius 3 is 3.08 bits per heavy atom. The van der Waals surface area contributed by atoms with Crippen molar-refractivity contribution in [1.29, 1.82) is 0 Å². The fraction of sp³-hybridized carbons (Fsp3) is 0. The SMILES string of the molecule is O=C(O)c1cccc2nnnn12. The van der Waals surface area contributed by atoms with E-state index in [9.17, 15) is 4.79 Å². The molecule has 0 radical (unpaired) electrons. The zero-order valence-electron chi connectivity index (χ0n) is 5.88. The van der Waals surface area contributed by atoms with E-state index in [0.29, 0.717) is 5.65 Å². The predicted octanol–water partition coefficient (Wildman–Crippen LogP) is -0.178. The maximum atomic E-state index is 10.6. The number of hydrogen-bond donors (Lipinski definition) is 1. The number of nitrogens with zero attached hydrogens (tertiary/aromatic N) is 4. The Morgan fingerprint density at radius 1 is 1.50 bits per heavy atom. The van der Waals surface area contributed by atoms with E-state index in [2.05, 4.69) is 15.5 Å². The summed E-state index contributed by atoms with van der Waals surface area (Å²) in [5.41, 5.74) is 0.479. The minimum Gasteiger partial charge on any atom is -0.477 e. The average molecular weight is 164 g/mol. The van der Waals surface area contributed by atoms with Crippen molar-refractivity contribution in [3.8, 4) is 0 Å². The van der Waals surface area contributed by atoms with Gasteiger partial charge in [-0.05, 0) is 22.6 Å². The van der Waals surface area contributed by atoms with Gasteiger partial charge in [-0.1, -0.05) is 6.07 Å². The summed E-state index contributed by atoms with van der Waals surface area (Å²) in [4.78, 5) is 10.6. The number of carboxylic acid groups (broad SMARTS) is 1. The van der Waals surface area contributed by atoms with Crippen molar-refractivity contribution in [3.05, 3.63) is 23.9 Å². The number of pyridine rings is 1. The van der Waals surface area contributed by atoms with Gasteiger partial charge in [0.1, 0.15) is 0 Å². The van der Waals surface area contributed by atoms with Crippen molar-refractivity contribution in [2.75, 3.05) is 0 Å². The first-order chi connectivity index (χ1) is 5.79. The lowest BCUT2D eigenvalue weighted by atomic mass is 10.3. The molecule has 2 heterocycles. The maximum absolute atomic E-state index is 10.6. The quantitative estimate of drug-likeness (QED) is 0.632. The molecule has 0 unspecified atom stereocenters. The van der Waals surface area contributed by atoms with Gasteiger partial charge < -0.3 is 5.11 Å². The van der Waals surface area contributed by atoms with Gasteiger partial charge in [-0.15, -0.1) is 5.10 Å². The van der Waals surface area contributed by atoms with E-state index >= 15 is 0 Å². The topological polar surface area (TPSA) is 80.4 Å². The summed E-state index contributed by atoms with van der Waals surface area (Å²) in [6, 6.07) is 4.66. The fourth-order valence-corrected chi connectivity index (χ4v) is 0.927. The molecule has 0 atom stereocenters. The van der Waals surface area contributed by atoms with Gasteiger partial charge >= 0.3 is 5.97 Å². The number of carbonyl (C=O) groups is 1. The zero-order chi connectivity index (χ0) is 8.55. The van der Waals surface area contributed by atoms with Crippen LogP contribution in [0.4, 0.5) is 0 Å². The van der Waals surface area contributed by atoms with E-state index in [-0.39, 0.29) is 5.69 Å². The number of carboxylic acids is 1. The summed E-state index contributed by atoms with van der Waals surface area (Å²) < 4.78 is 1.17. The molecule has 0 aliphatic carbocycles. The molecule has 0 amide bonds. The summed E-state index contributed by atoms with van der Waals surface area (Å²) >= 11 is 0. The zero-order valence-corrected chi connectivity index (χ0v) is 5.88. The molecule has 2 aromatic rings. The first kappa shape index (κ1) is 6.71. The van der Waals surface area contributed by atoms with Crippen molar-refractivity contribution >= 4 is 11.6 Å². The molecule has 0 saturated carbocycles. The molecule has 0 saturated heterocycles. The number of aromatic nitrogens is 4. The molecular weight excluding hydrogens is 160 g/mol. The Morgan fingerprint density at radius 2 is 2.33 bits per heavy atom. The molecule has 60 valence electrons. The minimum absolute atomic E-state index is 0.0532. The van der Waals surface area contributed by atoms with Crippen LogP contribution in [0.1, 0.15) is 10.5 Å². The van der Waals surface area contributed by atoms with Crippen LogP contribution in [-0.4, -0.2) is 31.1 Å². The van der Waals surface area contributed by atoms with Gasteiger partial charge in [-0.2, -0.15) is 4.52 Å². The van der Waals surface area contributed by atoms with Crippen LogP contribution in [0.5, 0.6) is 0 Å². The second-order valence-corrected chi connectivity index (χ2v) is 2.17. The van der Waals surface area contributed by atoms with Gasteiger partial charge in [0.15, 0.2) is 11.3 Å². The van der Waals surface area contributed by atoms with Crippen LogP contribution < -0.4 is 0 Å². The average Bonchev–Trinajstić information content (AvgIpc) is 2.49. The number of hydrogen-bond acceptors (Lipinski definition) is 4. The van der Waals surface area contributed by atoms with Crippen molar-refractivity contribution in [2.45, 2.75) is 0 Å². The third-order valence-corrected chi connectivity index (χ3v) is 1.44. The molecule has 0 aromatic carbocycles. The van der Waals surface area contributed by atoms with E-state index in [1.165, 1.54) is 10.6 Å². The van der Waals surface area contributed by atoms with Crippen LogP contribution in [0.25, 0.3) is 5.65 Å². The largest absolute Gasteiger partial charge is 0.477 e. The van der Waals surface area contributed by atoms with E-state index < -0.39 is 5.97 Å². The second kappa shape index (κ2) is 2.26. The van der Waals surface area contributed by atoms with Crippen LogP contribution in [-0.2, 0) is 0 Å². The summed E-state index contributed by atoms with van der Waals surface area (Å²) in [7, 11) is 0. The highest BCUT2D eigenvalue weighted by Gasteiger charge is 2.08. The lowest BCUT2D eigenvalue weighted by Crippen LogP contribution is -2.05. The van der Waals surface area contributed by atoms with Gasteiger partial charge in [0.2, 0.25) is 0 Å². The molecule has 6 heteroatoms. The lowest BCUT2D eigenvalue weighted by Gasteiger charge is -1.94. The highest BCUT2D eigenvalue weighted by Crippen LogP contribution is 2.01. The first-order valence-corrected chi connectivity index (χ1v) is 3.19. The maximum Gasteiger partial charge on any atom is 0.354 e. The molecule has 2 rings (SSSR count). The number of fused-ring (bicyclic) bond motifs is 1. The van der Waals surface area contributed by atoms with Gasteiger partial charge in [-0.3, -0.25) is 0 Å². The Hall–Kier alpha value is -1.98. The Kier molecular flexibility index (Phi) is 1.26. The molecule has 12 heavy (non-hydrogen) atoms. The van der Waals surface area contributed by atoms with Gasteiger partial charge in [-0.25, -0.2) is 4.79 Å². The first-order valence-electron chi connectivity index (χ1n) is 3.19. The van der Waals surface area contributed by atoms with Crippen LogP contribution in [0.15, 0.2) is 18.2 Å². The van der Waals surface area contributed by atoms with Crippen molar-refractivity contribution < 1.29 is 9.90 Å². The van der Waals surface area contributed by atoms with Gasteiger partial charge in [0, 0.05) is 0 Å². The summed E-state index contributed by atoms with van der Waals surface area (Å²) in [6.07, 6.45) is 0. The van der Waals surface area contributed by atoms with E-state index in [0.717, 1.165) is 0 Å². The smallest absolute Gasteiger partial charge is 0.354 e. The standard InChI is InChI=1S/C6H4N4O2/c11-6(12)4-2-1-3-5-7-8-9-10(4)5/h1-3H,(H,11,12). The molecule has 1 N–H and O–H groups in total. The van der Waals surface area contributed by atoms with Crippen LogP contribution in [0.2, 0.25) is 0 Å². The predicted molar refractivity (Wildman–Crippen MR) is 37.7 cm³/mol. The summed E-state index contributed by atoms with van der Waals surface area (Å²) in [6.45, 7) is 0. The van der Waals surface area contributed by atoms with Crippen molar-refractivity contribution in [2.24, 2.45) is 0 Å². The van der Waals surface area contributed by atoms with E-state index in [4.69, 9.17) is 5.11 Å². The monoisotopic (exact) mass is 164 g/mol. The number of rotatable bonds is 1.